The normalized spacial score (nSPS) is 15.7. The van der Waals surface area contributed by atoms with E-state index >= 15 is 0 Å². The molecule has 1 aromatic rings. The van der Waals surface area contributed by atoms with Crippen LogP contribution in [0.3, 0.4) is 0 Å². The van der Waals surface area contributed by atoms with Gasteiger partial charge >= 0.3 is 0 Å². The van der Waals surface area contributed by atoms with E-state index in [0.717, 1.165) is 18.5 Å². The van der Waals surface area contributed by atoms with Crippen LogP contribution in [0.5, 0.6) is 0 Å². The van der Waals surface area contributed by atoms with Crippen molar-refractivity contribution in [3.63, 3.8) is 0 Å². The highest BCUT2D eigenvalue weighted by atomic mass is 35.5. The molecule has 0 unspecified atom stereocenters. The van der Waals surface area contributed by atoms with Gasteiger partial charge in [-0.3, -0.25) is 4.79 Å². The van der Waals surface area contributed by atoms with Crippen LogP contribution < -0.4 is 11.1 Å². The van der Waals surface area contributed by atoms with Crippen molar-refractivity contribution < 1.29 is 4.79 Å². The number of carbonyl (C=O) groups excluding carboxylic acids is 1. The fourth-order valence-electron chi connectivity index (χ4n) is 2.08. The number of anilines is 1. The molecule has 0 aromatic heterocycles. The molecule has 3 N–H and O–H groups in total. The van der Waals surface area contributed by atoms with Gasteiger partial charge in [0.1, 0.15) is 0 Å². The van der Waals surface area contributed by atoms with Crippen molar-refractivity contribution in [2.75, 3.05) is 12.3 Å². The summed E-state index contributed by atoms with van der Waals surface area (Å²) in [6.45, 7) is 4.91. The lowest BCUT2D eigenvalue weighted by Crippen LogP contribution is -2.30. The van der Waals surface area contributed by atoms with Crippen LogP contribution >= 0.6 is 12.4 Å². The molecule has 1 aromatic carbocycles. The smallest absolute Gasteiger partial charge is 0.251 e. The third-order valence-corrected chi connectivity index (χ3v) is 3.84. The van der Waals surface area contributed by atoms with Crippen LogP contribution in [0, 0.1) is 12.3 Å². The summed E-state index contributed by atoms with van der Waals surface area (Å²) in [6, 6.07) is 5.45. The second kappa shape index (κ2) is 5.61. The van der Waals surface area contributed by atoms with Gasteiger partial charge in [0.25, 0.3) is 5.91 Å². The van der Waals surface area contributed by atoms with Gasteiger partial charge in [-0.2, -0.15) is 0 Å². The summed E-state index contributed by atoms with van der Waals surface area (Å²) in [6.07, 6.45) is 3.61. The van der Waals surface area contributed by atoms with Gasteiger partial charge in [0.05, 0.1) is 0 Å². The van der Waals surface area contributed by atoms with E-state index in [1.54, 1.807) is 6.07 Å². The van der Waals surface area contributed by atoms with Crippen molar-refractivity contribution >= 4 is 24.0 Å². The molecule has 0 aliphatic heterocycles. The summed E-state index contributed by atoms with van der Waals surface area (Å²) in [5, 5.41) is 3.03. The van der Waals surface area contributed by atoms with E-state index in [0.29, 0.717) is 16.7 Å². The molecule has 1 saturated carbocycles. The van der Waals surface area contributed by atoms with E-state index in [1.807, 2.05) is 19.1 Å². The number of amides is 1. The number of halogens is 1. The summed E-state index contributed by atoms with van der Waals surface area (Å²) in [5.74, 6) is -0.00507. The van der Waals surface area contributed by atoms with Crippen LogP contribution in [0.4, 0.5) is 5.69 Å². The van der Waals surface area contributed by atoms with Gasteiger partial charge in [-0.15, -0.1) is 12.4 Å². The zero-order valence-corrected chi connectivity index (χ0v) is 11.8. The molecular weight excluding hydrogens is 248 g/mol. The van der Waals surface area contributed by atoms with E-state index in [-0.39, 0.29) is 18.3 Å². The van der Waals surface area contributed by atoms with Gasteiger partial charge in [-0.05, 0) is 49.3 Å². The van der Waals surface area contributed by atoms with E-state index in [9.17, 15) is 4.79 Å². The Morgan fingerprint density at radius 1 is 1.44 bits per heavy atom. The topological polar surface area (TPSA) is 55.1 Å². The van der Waals surface area contributed by atoms with Crippen LogP contribution in [-0.4, -0.2) is 12.5 Å². The van der Waals surface area contributed by atoms with Crippen molar-refractivity contribution in [2.24, 2.45) is 5.41 Å². The van der Waals surface area contributed by atoms with Crippen LogP contribution in [0.15, 0.2) is 18.2 Å². The fourth-order valence-corrected chi connectivity index (χ4v) is 2.08. The molecule has 1 aliphatic carbocycles. The molecule has 0 radical (unpaired) electrons. The van der Waals surface area contributed by atoms with Crippen LogP contribution in [-0.2, 0) is 0 Å². The highest BCUT2D eigenvalue weighted by molar-refractivity contribution is 5.96. The Balaban J connectivity index is 0.00000162. The van der Waals surface area contributed by atoms with E-state index in [1.165, 1.54) is 12.8 Å². The monoisotopic (exact) mass is 268 g/mol. The van der Waals surface area contributed by atoms with E-state index in [2.05, 4.69) is 12.2 Å². The van der Waals surface area contributed by atoms with Crippen LogP contribution in [0.1, 0.15) is 42.1 Å². The predicted octanol–water partition coefficient (Wildman–Crippen LogP) is 2.92. The number of rotatable bonds is 4. The fraction of sp³-hybridized carbons (Fsp3) is 0.500. The maximum absolute atomic E-state index is 12.0. The molecule has 2 rings (SSSR count). The molecule has 0 saturated heterocycles. The first kappa shape index (κ1) is 14.8. The van der Waals surface area contributed by atoms with Crippen molar-refractivity contribution in [3.05, 3.63) is 29.3 Å². The summed E-state index contributed by atoms with van der Waals surface area (Å²) in [4.78, 5) is 12.0. The molecule has 100 valence electrons. The number of nitrogen functional groups attached to an aromatic ring is 1. The minimum atomic E-state index is -0.00507. The first-order chi connectivity index (χ1) is 8.06. The summed E-state index contributed by atoms with van der Waals surface area (Å²) in [7, 11) is 0. The van der Waals surface area contributed by atoms with Gasteiger partial charge in [-0.1, -0.05) is 13.0 Å². The Morgan fingerprint density at radius 3 is 2.67 bits per heavy atom. The Morgan fingerprint density at radius 2 is 2.11 bits per heavy atom. The largest absolute Gasteiger partial charge is 0.399 e. The van der Waals surface area contributed by atoms with Gasteiger partial charge in [-0.25, -0.2) is 0 Å². The quantitative estimate of drug-likeness (QED) is 0.825. The zero-order valence-electron chi connectivity index (χ0n) is 11.0. The minimum Gasteiger partial charge on any atom is -0.399 e. The Bertz CT molecular complexity index is 441. The number of benzene rings is 1. The Hall–Kier alpha value is -1.22. The molecule has 0 spiro atoms. The Kier molecular flexibility index (Phi) is 4.63. The second-order valence-corrected chi connectivity index (χ2v) is 5.11. The maximum atomic E-state index is 12.0. The molecule has 4 heteroatoms. The molecular formula is C14H21ClN2O. The molecule has 0 heterocycles. The molecule has 18 heavy (non-hydrogen) atoms. The summed E-state index contributed by atoms with van der Waals surface area (Å²) < 4.78 is 0. The lowest BCUT2D eigenvalue weighted by Gasteiger charge is -2.14. The number of hydrogen-bond acceptors (Lipinski definition) is 2. The average molecular weight is 269 g/mol. The molecule has 1 amide bonds. The first-order valence-electron chi connectivity index (χ1n) is 6.21. The second-order valence-electron chi connectivity index (χ2n) is 5.11. The number of carbonyl (C=O) groups is 1. The summed E-state index contributed by atoms with van der Waals surface area (Å²) in [5.41, 5.74) is 8.38. The van der Waals surface area contributed by atoms with Crippen molar-refractivity contribution in [1.29, 1.82) is 0 Å². The molecule has 0 bridgehead atoms. The van der Waals surface area contributed by atoms with Gasteiger partial charge < -0.3 is 11.1 Å². The van der Waals surface area contributed by atoms with Gasteiger partial charge in [0.2, 0.25) is 0 Å². The minimum absolute atomic E-state index is 0. The molecule has 1 aliphatic rings. The molecule has 3 nitrogen and oxygen atoms in total. The van der Waals surface area contributed by atoms with Crippen LogP contribution in [0.25, 0.3) is 0 Å². The van der Waals surface area contributed by atoms with Crippen molar-refractivity contribution in [3.8, 4) is 0 Å². The highest BCUT2D eigenvalue weighted by Crippen LogP contribution is 2.47. The number of hydrogen-bond donors (Lipinski definition) is 2. The van der Waals surface area contributed by atoms with Crippen LogP contribution in [0.2, 0.25) is 0 Å². The lowest BCUT2D eigenvalue weighted by atomic mass is 10.0. The van der Waals surface area contributed by atoms with E-state index in [4.69, 9.17) is 5.73 Å². The maximum Gasteiger partial charge on any atom is 0.251 e. The average Bonchev–Trinajstić information content (AvgIpc) is 3.10. The Labute approximate surface area is 115 Å². The van der Waals surface area contributed by atoms with Gasteiger partial charge in [0, 0.05) is 17.8 Å². The third-order valence-electron chi connectivity index (χ3n) is 3.84. The van der Waals surface area contributed by atoms with Gasteiger partial charge in [0.15, 0.2) is 0 Å². The van der Waals surface area contributed by atoms with Crippen molar-refractivity contribution in [2.45, 2.75) is 33.1 Å². The highest BCUT2D eigenvalue weighted by Gasteiger charge is 2.40. The van der Waals surface area contributed by atoms with Crippen molar-refractivity contribution in [1.82, 2.24) is 5.32 Å². The third kappa shape index (κ3) is 3.16. The zero-order chi connectivity index (χ0) is 12.5. The van der Waals surface area contributed by atoms with E-state index < -0.39 is 0 Å². The molecule has 0 atom stereocenters. The SMILES string of the molecule is CCC1(CNC(=O)c2cc(N)ccc2C)CC1.Cl. The predicted molar refractivity (Wildman–Crippen MR) is 77.1 cm³/mol. The number of aryl methyl sites for hydroxylation is 1. The number of nitrogens with one attached hydrogen (secondary N) is 1. The summed E-state index contributed by atoms with van der Waals surface area (Å²) >= 11 is 0. The lowest BCUT2D eigenvalue weighted by molar-refractivity contribution is 0.0944. The molecule has 1 fully saturated rings. The number of nitrogens with two attached hydrogens (primary N) is 1. The standard InChI is InChI=1S/C14H20N2O.ClH/c1-3-14(6-7-14)9-16-13(17)12-8-11(15)5-4-10(12)2;/h4-5,8H,3,6-7,9,15H2,1-2H3,(H,16,17);1H. The first-order valence-corrected chi connectivity index (χ1v) is 6.21.